The second kappa shape index (κ2) is 9.97. The summed E-state index contributed by atoms with van der Waals surface area (Å²) in [6.07, 6.45) is 3.68. The third-order valence-corrected chi connectivity index (χ3v) is 9.91. The molecule has 2 amide bonds. The van der Waals surface area contributed by atoms with E-state index < -0.39 is 6.04 Å². The Kier molecular flexibility index (Phi) is 6.61. The predicted octanol–water partition coefficient (Wildman–Crippen LogP) is 3.68. The van der Waals surface area contributed by atoms with Gasteiger partial charge in [-0.15, -0.1) is 22.7 Å². The molecule has 202 valence electrons. The highest BCUT2D eigenvalue weighted by Gasteiger charge is 2.55. The first-order chi connectivity index (χ1) is 18.7. The van der Waals surface area contributed by atoms with Crippen LogP contribution >= 0.6 is 22.7 Å². The minimum absolute atomic E-state index is 0.147. The molecule has 2 aliphatic heterocycles. The number of nitriles is 1. The summed E-state index contributed by atoms with van der Waals surface area (Å²) in [6, 6.07) is 5.78. The van der Waals surface area contributed by atoms with E-state index in [1.807, 2.05) is 24.1 Å². The van der Waals surface area contributed by atoms with E-state index in [0.29, 0.717) is 30.5 Å². The quantitative estimate of drug-likeness (QED) is 0.500. The number of aromatic nitrogens is 3. The van der Waals surface area contributed by atoms with Crippen LogP contribution in [0.1, 0.15) is 40.8 Å². The van der Waals surface area contributed by atoms with Gasteiger partial charge in [0.15, 0.2) is 5.13 Å². The van der Waals surface area contributed by atoms with E-state index in [1.54, 1.807) is 41.5 Å². The van der Waals surface area contributed by atoms with Crippen LogP contribution < -0.4 is 5.32 Å². The molecule has 10 nitrogen and oxygen atoms in total. The van der Waals surface area contributed by atoms with Gasteiger partial charge >= 0.3 is 0 Å². The summed E-state index contributed by atoms with van der Waals surface area (Å²) < 4.78 is 0. The zero-order valence-corrected chi connectivity index (χ0v) is 23.8. The molecular weight excluding hydrogens is 532 g/mol. The number of amides is 2. The highest BCUT2D eigenvalue weighted by atomic mass is 32.1. The fraction of sp³-hybridized carbons (Fsp3) is 0.481. The Morgan fingerprint density at radius 2 is 1.97 bits per heavy atom. The van der Waals surface area contributed by atoms with Crippen LogP contribution in [0.25, 0.3) is 10.6 Å². The fourth-order valence-electron chi connectivity index (χ4n) is 6.01. The lowest BCUT2D eigenvalue weighted by Gasteiger charge is -2.61. The summed E-state index contributed by atoms with van der Waals surface area (Å²) in [5.74, 6) is 0.576. The van der Waals surface area contributed by atoms with Crippen LogP contribution in [0.4, 0.5) is 10.9 Å². The molecule has 0 aromatic carbocycles. The summed E-state index contributed by atoms with van der Waals surface area (Å²) in [5, 5.41) is 16.8. The molecule has 0 unspecified atom stereocenters. The molecule has 0 bridgehead atoms. The van der Waals surface area contributed by atoms with Crippen molar-refractivity contribution in [2.45, 2.75) is 45.7 Å². The van der Waals surface area contributed by atoms with Gasteiger partial charge in [0.1, 0.15) is 11.9 Å². The molecule has 1 spiro atoms. The average Bonchev–Trinajstić information content (AvgIpc) is 3.47. The number of carbonyl (C=O) groups is 2. The molecule has 1 atom stereocenters. The molecule has 3 aromatic heterocycles. The zero-order valence-electron chi connectivity index (χ0n) is 22.2. The summed E-state index contributed by atoms with van der Waals surface area (Å²) in [4.78, 5) is 45.4. The van der Waals surface area contributed by atoms with E-state index in [0.717, 1.165) is 58.9 Å². The first kappa shape index (κ1) is 25.9. The number of nitrogens with one attached hydrogen (secondary N) is 1. The first-order valence-electron chi connectivity index (χ1n) is 13.1. The number of rotatable bonds is 5. The maximum atomic E-state index is 13.3. The van der Waals surface area contributed by atoms with Gasteiger partial charge in [-0.25, -0.2) is 15.0 Å². The van der Waals surface area contributed by atoms with E-state index in [9.17, 15) is 14.9 Å². The third kappa shape index (κ3) is 4.90. The van der Waals surface area contributed by atoms with Crippen LogP contribution in [0.3, 0.4) is 0 Å². The van der Waals surface area contributed by atoms with Gasteiger partial charge in [-0.3, -0.25) is 14.5 Å². The van der Waals surface area contributed by atoms with Gasteiger partial charge in [0, 0.05) is 62.7 Å². The summed E-state index contributed by atoms with van der Waals surface area (Å²) in [6.45, 7) is 9.12. The largest absolute Gasteiger partial charge is 0.342 e. The molecule has 3 aliphatic rings. The van der Waals surface area contributed by atoms with Gasteiger partial charge in [-0.1, -0.05) is 0 Å². The van der Waals surface area contributed by atoms with E-state index in [2.05, 4.69) is 31.2 Å². The van der Waals surface area contributed by atoms with E-state index >= 15 is 0 Å². The predicted molar refractivity (Wildman–Crippen MR) is 150 cm³/mol. The van der Waals surface area contributed by atoms with Crippen molar-refractivity contribution in [1.82, 2.24) is 29.7 Å². The Hall–Kier alpha value is -3.40. The van der Waals surface area contributed by atoms with Crippen LogP contribution in [0.15, 0.2) is 23.7 Å². The Morgan fingerprint density at radius 1 is 1.18 bits per heavy atom. The van der Waals surface area contributed by atoms with Gasteiger partial charge in [0.25, 0.3) is 5.91 Å². The highest BCUT2D eigenvalue weighted by Crippen LogP contribution is 2.50. The number of pyridine rings is 1. The molecule has 6 rings (SSSR count). The number of likely N-dealkylation sites (tertiary alicyclic amines) is 1. The lowest BCUT2D eigenvalue weighted by Crippen LogP contribution is -2.69. The Labute approximate surface area is 235 Å². The van der Waals surface area contributed by atoms with E-state index in [4.69, 9.17) is 0 Å². The van der Waals surface area contributed by atoms with Gasteiger partial charge in [0.05, 0.1) is 32.9 Å². The van der Waals surface area contributed by atoms with Crippen LogP contribution in [-0.4, -0.2) is 86.3 Å². The molecule has 1 aliphatic carbocycles. The van der Waals surface area contributed by atoms with Crippen molar-refractivity contribution in [2.75, 3.05) is 38.0 Å². The number of hydrogen-bond acceptors (Lipinski definition) is 10. The zero-order chi connectivity index (χ0) is 27.3. The van der Waals surface area contributed by atoms with Crippen LogP contribution in [0.2, 0.25) is 0 Å². The number of carbonyl (C=O) groups excluding carboxylic acids is 2. The molecule has 0 radical (unpaired) electrons. The van der Waals surface area contributed by atoms with Crippen molar-refractivity contribution in [3.63, 3.8) is 0 Å². The van der Waals surface area contributed by atoms with Crippen molar-refractivity contribution < 1.29 is 9.59 Å². The lowest BCUT2D eigenvalue weighted by molar-refractivity contribution is -0.156. The standard InChI is InChI=1S/C27H30N8O2S2/c1-16-24(39-17(2)30-16)22-13-38-26(31-22)32-23-5-4-19(11-29-23)25(37)35-7-6-33(12-21(35)10-28)20-8-27(9-20)14-34(15-27)18(3)36/h4-5,11,13,20-21H,6-9,12,14-15H2,1-3H3,(H,29,31,32)/t21-/m1/s1. The molecule has 1 N–H and O–H groups in total. The topological polar surface area (TPSA) is 118 Å². The maximum Gasteiger partial charge on any atom is 0.256 e. The van der Waals surface area contributed by atoms with Gasteiger partial charge in [-0.2, -0.15) is 5.26 Å². The van der Waals surface area contributed by atoms with Crippen molar-refractivity contribution in [1.29, 1.82) is 5.26 Å². The second-order valence-electron chi connectivity index (χ2n) is 10.8. The van der Waals surface area contributed by atoms with Gasteiger partial charge in [0.2, 0.25) is 5.91 Å². The molecule has 3 aromatic rings. The van der Waals surface area contributed by atoms with E-state index in [1.165, 1.54) is 11.3 Å². The number of nitrogens with zero attached hydrogens (tertiary/aromatic N) is 7. The van der Waals surface area contributed by atoms with Gasteiger partial charge in [-0.05, 0) is 38.8 Å². The second-order valence-corrected chi connectivity index (χ2v) is 12.9. The lowest BCUT2D eigenvalue weighted by atomic mass is 9.60. The Morgan fingerprint density at radius 3 is 2.62 bits per heavy atom. The van der Waals surface area contributed by atoms with Crippen molar-refractivity contribution in [3.05, 3.63) is 40.0 Å². The molecule has 12 heteroatoms. The average molecular weight is 563 g/mol. The number of aryl methyl sites for hydroxylation is 2. The molecule has 1 saturated carbocycles. The Bertz CT molecular complexity index is 1440. The fourth-order valence-corrected chi connectivity index (χ4v) is 7.67. The monoisotopic (exact) mass is 562 g/mol. The van der Waals surface area contributed by atoms with Crippen molar-refractivity contribution in [3.8, 4) is 16.6 Å². The smallest absolute Gasteiger partial charge is 0.256 e. The Balaban J connectivity index is 1.04. The molecule has 3 fully saturated rings. The SMILES string of the molecule is CC(=O)N1CC2(CC(N3CCN(C(=O)c4ccc(Nc5nc(-c6sc(C)nc6C)cs5)nc4)[C@H](C#N)C3)C2)C1. The van der Waals surface area contributed by atoms with Crippen molar-refractivity contribution in [2.24, 2.45) is 5.41 Å². The number of hydrogen-bond donors (Lipinski definition) is 1. The minimum atomic E-state index is -0.497. The van der Waals surface area contributed by atoms with Crippen molar-refractivity contribution >= 4 is 45.4 Å². The van der Waals surface area contributed by atoms with Crippen LogP contribution in [0, 0.1) is 30.6 Å². The molecular formula is C27H30N8O2S2. The summed E-state index contributed by atoms with van der Waals surface area (Å²) in [7, 11) is 0. The summed E-state index contributed by atoms with van der Waals surface area (Å²) >= 11 is 3.12. The molecule has 2 saturated heterocycles. The number of anilines is 2. The maximum absolute atomic E-state index is 13.3. The normalized spacial score (nSPS) is 20.8. The first-order valence-corrected chi connectivity index (χ1v) is 14.8. The van der Waals surface area contributed by atoms with Gasteiger partial charge < -0.3 is 15.1 Å². The number of thiazole rings is 2. The van der Waals surface area contributed by atoms with Crippen LogP contribution in [0.5, 0.6) is 0 Å². The summed E-state index contributed by atoms with van der Waals surface area (Å²) in [5.41, 5.74) is 2.60. The number of piperazine rings is 1. The third-order valence-electron chi connectivity index (χ3n) is 8.06. The molecule has 5 heterocycles. The molecule has 39 heavy (non-hydrogen) atoms. The van der Waals surface area contributed by atoms with E-state index in [-0.39, 0.29) is 17.2 Å². The minimum Gasteiger partial charge on any atom is -0.342 e. The highest BCUT2D eigenvalue weighted by molar-refractivity contribution is 7.16. The van der Waals surface area contributed by atoms with Crippen LogP contribution in [-0.2, 0) is 4.79 Å².